The van der Waals surface area contributed by atoms with E-state index in [2.05, 4.69) is 10.6 Å². The molecule has 2 amide bonds. The molecule has 194 valence electrons. The normalized spacial score (nSPS) is 19.7. The number of methoxy groups -OCH3 is 1. The molecule has 1 aromatic heterocycles. The fraction of sp³-hybridized carbons (Fsp3) is 0.267. The van der Waals surface area contributed by atoms with Crippen LogP contribution in [-0.4, -0.2) is 32.0 Å². The monoisotopic (exact) mass is 513 g/mol. The Labute approximate surface area is 219 Å². The van der Waals surface area contributed by atoms with E-state index in [0.717, 1.165) is 12.3 Å². The van der Waals surface area contributed by atoms with E-state index in [1.165, 1.54) is 39.1 Å². The molecular weight excluding hydrogens is 485 g/mol. The van der Waals surface area contributed by atoms with Crippen LogP contribution in [0, 0.1) is 17.7 Å². The highest BCUT2D eigenvalue weighted by Gasteiger charge is 2.45. The molecule has 7 rings (SSSR count). The summed E-state index contributed by atoms with van der Waals surface area (Å²) in [7, 11) is 3.08. The molecule has 3 aliphatic rings. The number of hydrogen-bond donors (Lipinski definition) is 3. The van der Waals surface area contributed by atoms with Crippen molar-refractivity contribution in [3.8, 4) is 28.2 Å². The van der Waals surface area contributed by atoms with Gasteiger partial charge in [0.05, 0.1) is 18.2 Å². The molecule has 4 aromatic rings. The first-order valence-electron chi connectivity index (χ1n) is 12.7. The molecule has 3 aliphatic carbocycles. The standard InChI is InChI=1S/C30H28FN3O4/c1-33-30(36)27-21-13-20(23(32)14-26(21)38-28(27)16-3-6-19(31)7-4-16)17-5-8-25(37-2)22(12-17)29(35)34-24-11-15-9-18(24)10-15/h3-8,12-15,18,24H,9-11,32H2,1-2H3,(H,33,36)(H,34,35). The summed E-state index contributed by atoms with van der Waals surface area (Å²) in [6.45, 7) is 0. The van der Waals surface area contributed by atoms with Gasteiger partial charge in [-0.25, -0.2) is 4.39 Å². The lowest BCUT2D eigenvalue weighted by Gasteiger charge is -2.25. The van der Waals surface area contributed by atoms with Crippen LogP contribution in [0.15, 0.2) is 59.0 Å². The van der Waals surface area contributed by atoms with Gasteiger partial charge in [0.25, 0.3) is 11.8 Å². The smallest absolute Gasteiger partial charge is 0.255 e. The number of ether oxygens (including phenoxy) is 1. The summed E-state index contributed by atoms with van der Waals surface area (Å²) in [4.78, 5) is 26.2. The largest absolute Gasteiger partial charge is 0.496 e. The second-order valence-corrected chi connectivity index (χ2v) is 10.2. The van der Waals surface area contributed by atoms with Gasteiger partial charge in [0.2, 0.25) is 0 Å². The Hall–Kier alpha value is -4.33. The van der Waals surface area contributed by atoms with E-state index in [0.29, 0.717) is 61.9 Å². The van der Waals surface area contributed by atoms with Crippen molar-refractivity contribution in [1.29, 1.82) is 0 Å². The Balaban J connectivity index is 1.44. The van der Waals surface area contributed by atoms with Gasteiger partial charge in [-0.2, -0.15) is 0 Å². The molecule has 4 N–H and O–H groups in total. The summed E-state index contributed by atoms with van der Waals surface area (Å²) in [5, 5.41) is 6.41. The van der Waals surface area contributed by atoms with Crippen molar-refractivity contribution in [2.75, 3.05) is 19.9 Å². The third kappa shape index (κ3) is 3.97. The van der Waals surface area contributed by atoms with E-state index >= 15 is 0 Å². The molecule has 0 aliphatic heterocycles. The summed E-state index contributed by atoms with van der Waals surface area (Å²) in [6, 6.07) is 14.8. The second kappa shape index (κ2) is 9.20. The molecule has 7 nitrogen and oxygen atoms in total. The minimum Gasteiger partial charge on any atom is -0.496 e. The maximum Gasteiger partial charge on any atom is 0.255 e. The number of rotatable bonds is 6. The Kier molecular flexibility index (Phi) is 5.82. The first kappa shape index (κ1) is 24.0. The van der Waals surface area contributed by atoms with Gasteiger partial charge in [-0.1, -0.05) is 6.07 Å². The molecular formula is C30H28FN3O4. The van der Waals surface area contributed by atoms with Crippen molar-refractivity contribution in [2.24, 2.45) is 11.8 Å². The molecule has 0 spiro atoms. The van der Waals surface area contributed by atoms with Gasteiger partial charge in [-0.05, 0) is 79.1 Å². The number of halogens is 1. The molecule has 38 heavy (non-hydrogen) atoms. The highest BCUT2D eigenvalue weighted by atomic mass is 19.1. The number of anilines is 1. The zero-order valence-electron chi connectivity index (χ0n) is 21.1. The summed E-state index contributed by atoms with van der Waals surface area (Å²) < 4.78 is 25.1. The molecule has 0 radical (unpaired) electrons. The summed E-state index contributed by atoms with van der Waals surface area (Å²) >= 11 is 0. The number of nitrogens with one attached hydrogen (secondary N) is 2. The highest BCUT2D eigenvalue weighted by Crippen LogP contribution is 2.48. The molecule has 8 heteroatoms. The van der Waals surface area contributed by atoms with Crippen LogP contribution in [0.5, 0.6) is 5.75 Å². The fourth-order valence-corrected chi connectivity index (χ4v) is 5.90. The van der Waals surface area contributed by atoms with Gasteiger partial charge in [0.15, 0.2) is 0 Å². The van der Waals surface area contributed by atoms with Gasteiger partial charge < -0.3 is 25.5 Å². The number of benzene rings is 3. The van der Waals surface area contributed by atoms with Crippen molar-refractivity contribution in [3.05, 3.63) is 71.5 Å². The number of fused-ring (bicyclic) bond motifs is 2. The van der Waals surface area contributed by atoms with Gasteiger partial charge in [-0.3, -0.25) is 9.59 Å². The molecule has 2 bridgehead atoms. The summed E-state index contributed by atoms with van der Waals surface area (Å²) in [5.74, 6) is 1.19. The lowest BCUT2D eigenvalue weighted by Crippen LogP contribution is -2.36. The number of nitrogen functional groups attached to an aromatic ring is 1. The maximum atomic E-state index is 13.5. The number of carbonyl (C=O) groups excluding carboxylic acids is 2. The van der Waals surface area contributed by atoms with E-state index in [4.69, 9.17) is 14.9 Å². The fourth-order valence-electron chi connectivity index (χ4n) is 5.90. The average molecular weight is 514 g/mol. The number of amides is 2. The lowest BCUT2D eigenvalue weighted by molar-refractivity contribution is 0.0924. The van der Waals surface area contributed by atoms with E-state index in [1.54, 1.807) is 36.4 Å². The Bertz CT molecular complexity index is 1570. The van der Waals surface area contributed by atoms with Crippen LogP contribution >= 0.6 is 0 Å². The van der Waals surface area contributed by atoms with E-state index in [9.17, 15) is 14.0 Å². The molecule has 1 atom stereocenters. The summed E-state index contributed by atoms with van der Waals surface area (Å²) in [5.41, 5.74) is 9.98. The Morgan fingerprint density at radius 3 is 2.39 bits per heavy atom. The average Bonchev–Trinajstić information content (AvgIpc) is 3.59. The van der Waals surface area contributed by atoms with Crippen molar-refractivity contribution >= 4 is 28.5 Å². The number of hydrogen-bond acceptors (Lipinski definition) is 5. The topological polar surface area (TPSA) is 107 Å². The second-order valence-electron chi connectivity index (χ2n) is 10.2. The van der Waals surface area contributed by atoms with Crippen LogP contribution in [0.2, 0.25) is 0 Å². The molecule has 0 saturated heterocycles. The van der Waals surface area contributed by atoms with Crippen molar-refractivity contribution in [1.82, 2.24) is 10.6 Å². The first-order chi connectivity index (χ1) is 18.4. The lowest BCUT2D eigenvalue weighted by atomic mass is 9.84. The Morgan fingerprint density at radius 1 is 1.00 bits per heavy atom. The molecule has 3 fully saturated rings. The van der Waals surface area contributed by atoms with Crippen LogP contribution in [0.25, 0.3) is 33.4 Å². The van der Waals surface area contributed by atoms with Crippen LogP contribution < -0.4 is 21.1 Å². The van der Waals surface area contributed by atoms with Gasteiger partial charge in [-0.15, -0.1) is 0 Å². The predicted octanol–water partition coefficient (Wildman–Crippen LogP) is 5.38. The van der Waals surface area contributed by atoms with Crippen molar-refractivity contribution in [2.45, 2.75) is 25.3 Å². The molecule has 3 aromatic carbocycles. The minimum atomic E-state index is -0.387. The van der Waals surface area contributed by atoms with Crippen molar-refractivity contribution in [3.63, 3.8) is 0 Å². The zero-order valence-corrected chi connectivity index (χ0v) is 21.1. The maximum absolute atomic E-state index is 13.5. The highest BCUT2D eigenvalue weighted by molar-refractivity contribution is 6.12. The molecule has 3 saturated carbocycles. The quantitative estimate of drug-likeness (QED) is 0.300. The number of carbonyl (C=O) groups is 2. The van der Waals surface area contributed by atoms with Crippen LogP contribution in [0.3, 0.4) is 0 Å². The number of nitrogens with two attached hydrogens (primary N) is 1. The van der Waals surface area contributed by atoms with Crippen LogP contribution in [0.1, 0.15) is 40.0 Å². The number of furan rings is 1. The molecule has 1 unspecified atom stereocenters. The van der Waals surface area contributed by atoms with Gasteiger partial charge in [0, 0.05) is 41.4 Å². The molecule has 1 heterocycles. The summed E-state index contributed by atoms with van der Waals surface area (Å²) in [6.07, 6.45) is 3.41. The third-order valence-electron chi connectivity index (χ3n) is 7.92. The zero-order chi connectivity index (χ0) is 26.6. The van der Waals surface area contributed by atoms with E-state index in [1.807, 2.05) is 6.07 Å². The van der Waals surface area contributed by atoms with Crippen LogP contribution in [0.4, 0.5) is 10.1 Å². The first-order valence-corrected chi connectivity index (χ1v) is 12.7. The van der Waals surface area contributed by atoms with Crippen LogP contribution in [-0.2, 0) is 0 Å². The van der Waals surface area contributed by atoms with Gasteiger partial charge in [0.1, 0.15) is 22.9 Å². The van der Waals surface area contributed by atoms with E-state index in [-0.39, 0.29) is 23.7 Å². The van der Waals surface area contributed by atoms with E-state index < -0.39 is 0 Å². The minimum absolute atomic E-state index is 0.172. The predicted molar refractivity (Wildman–Crippen MR) is 143 cm³/mol. The van der Waals surface area contributed by atoms with Crippen molar-refractivity contribution < 1.29 is 23.1 Å². The third-order valence-corrected chi connectivity index (χ3v) is 7.92. The SMILES string of the molecule is CNC(=O)c1c(-c2ccc(F)cc2)oc2cc(N)c(-c3ccc(OC)c(C(=O)NC4CC5CC4C5)c3)cc12. The van der Waals surface area contributed by atoms with Gasteiger partial charge >= 0.3 is 0 Å². The Morgan fingerprint density at radius 2 is 1.74 bits per heavy atom.